The number of carbonyl (C=O) groups is 1. The number of benzene rings is 2. The fourth-order valence-electron chi connectivity index (χ4n) is 5.09. The van der Waals surface area contributed by atoms with Crippen molar-refractivity contribution >= 4 is 28.6 Å². The van der Waals surface area contributed by atoms with Gasteiger partial charge >= 0.3 is 0 Å². The summed E-state index contributed by atoms with van der Waals surface area (Å²) in [5.41, 5.74) is 4.94. The van der Waals surface area contributed by atoms with E-state index in [2.05, 4.69) is 76.0 Å². The monoisotopic (exact) mass is 461 g/mol. The van der Waals surface area contributed by atoms with Crippen molar-refractivity contribution in [2.45, 2.75) is 25.8 Å². The van der Waals surface area contributed by atoms with Crippen molar-refractivity contribution in [2.24, 2.45) is 5.92 Å². The first kappa shape index (κ1) is 21.8. The molecule has 5 rings (SSSR count). The number of rotatable bonds is 6. The number of fused-ring (bicyclic) bond motifs is 3. The standard InChI is InChI=1S/C27H31N3O2S/c1-19-5-8-21(9-6-19)29-13-14-30-25-17-22(32-2)10-7-20(25)16-24(26(30)18-29)27(31)28-12-11-23-4-3-15-33-23/h3-10,15,17,24,26H,11-14,16,18H2,1-2H3,(H,28,31)/t24-,26+/m1/s1. The van der Waals surface area contributed by atoms with E-state index in [4.69, 9.17) is 4.74 Å². The number of amides is 1. The van der Waals surface area contributed by atoms with Crippen molar-refractivity contribution in [1.29, 1.82) is 0 Å². The van der Waals surface area contributed by atoms with Crippen LogP contribution >= 0.6 is 11.3 Å². The van der Waals surface area contributed by atoms with Gasteiger partial charge in [-0.15, -0.1) is 11.3 Å². The van der Waals surface area contributed by atoms with E-state index in [1.54, 1.807) is 18.4 Å². The van der Waals surface area contributed by atoms with Gasteiger partial charge < -0.3 is 19.9 Å². The van der Waals surface area contributed by atoms with Gasteiger partial charge in [0.05, 0.1) is 19.1 Å². The molecule has 2 aliphatic rings. The van der Waals surface area contributed by atoms with Gasteiger partial charge in [-0.05, 0) is 55.0 Å². The Balaban J connectivity index is 1.38. The number of methoxy groups -OCH3 is 1. The number of ether oxygens (including phenoxy) is 1. The maximum absolute atomic E-state index is 13.4. The summed E-state index contributed by atoms with van der Waals surface area (Å²) in [4.78, 5) is 19.6. The van der Waals surface area contributed by atoms with Gasteiger partial charge in [0.25, 0.3) is 0 Å². The largest absolute Gasteiger partial charge is 0.497 e. The Morgan fingerprint density at radius 3 is 2.76 bits per heavy atom. The van der Waals surface area contributed by atoms with Crippen LogP contribution in [0, 0.1) is 12.8 Å². The molecule has 1 fully saturated rings. The second-order valence-corrected chi connectivity index (χ2v) is 10.0. The van der Waals surface area contributed by atoms with E-state index in [1.807, 2.05) is 6.07 Å². The van der Waals surface area contributed by atoms with E-state index in [0.717, 1.165) is 38.2 Å². The predicted octanol–water partition coefficient (Wildman–Crippen LogP) is 4.29. The van der Waals surface area contributed by atoms with Gasteiger partial charge in [0.1, 0.15) is 5.75 Å². The average Bonchev–Trinajstić information content (AvgIpc) is 3.37. The highest BCUT2D eigenvalue weighted by Crippen LogP contribution is 2.39. The van der Waals surface area contributed by atoms with E-state index < -0.39 is 0 Å². The third kappa shape index (κ3) is 4.58. The van der Waals surface area contributed by atoms with Crippen LogP contribution in [0.15, 0.2) is 60.0 Å². The number of piperazine rings is 1. The molecular formula is C27H31N3O2S. The molecule has 6 heteroatoms. The van der Waals surface area contributed by atoms with Crippen molar-refractivity contribution in [2.75, 3.05) is 43.1 Å². The Kier molecular flexibility index (Phi) is 6.27. The van der Waals surface area contributed by atoms with Crippen LogP contribution in [-0.4, -0.2) is 45.2 Å². The first-order chi connectivity index (χ1) is 16.1. The number of nitrogens with zero attached hydrogens (tertiary/aromatic N) is 2. The van der Waals surface area contributed by atoms with Crippen LogP contribution in [0.2, 0.25) is 0 Å². The SMILES string of the molecule is COc1ccc2c(c1)N1CCN(c3ccc(C)cc3)C[C@H]1[C@H](C(=O)NCCc1cccs1)C2. The first-order valence-corrected chi connectivity index (χ1v) is 12.6. The lowest BCUT2D eigenvalue weighted by Gasteiger charge is -2.49. The van der Waals surface area contributed by atoms with Gasteiger partial charge in [0.15, 0.2) is 0 Å². The zero-order chi connectivity index (χ0) is 22.8. The van der Waals surface area contributed by atoms with Crippen LogP contribution in [-0.2, 0) is 17.6 Å². The van der Waals surface area contributed by atoms with Crippen LogP contribution in [0.25, 0.3) is 0 Å². The minimum atomic E-state index is -0.0810. The molecule has 3 heterocycles. The summed E-state index contributed by atoms with van der Waals surface area (Å²) < 4.78 is 5.51. The average molecular weight is 462 g/mol. The zero-order valence-electron chi connectivity index (χ0n) is 19.3. The maximum atomic E-state index is 13.4. The molecule has 0 bridgehead atoms. The van der Waals surface area contributed by atoms with Crippen LogP contribution in [0.4, 0.5) is 11.4 Å². The summed E-state index contributed by atoms with van der Waals surface area (Å²) in [5.74, 6) is 0.948. The predicted molar refractivity (Wildman–Crippen MR) is 136 cm³/mol. The highest BCUT2D eigenvalue weighted by Gasteiger charge is 2.41. The fraction of sp³-hybridized carbons (Fsp3) is 0.370. The summed E-state index contributed by atoms with van der Waals surface area (Å²) in [7, 11) is 1.71. The highest BCUT2D eigenvalue weighted by atomic mass is 32.1. The molecule has 0 saturated carbocycles. The quantitative estimate of drug-likeness (QED) is 0.595. The summed E-state index contributed by atoms with van der Waals surface area (Å²) in [6.45, 7) is 5.45. The Bertz CT molecular complexity index is 1100. The molecule has 5 nitrogen and oxygen atoms in total. The van der Waals surface area contributed by atoms with Gasteiger partial charge in [-0.1, -0.05) is 29.8 Å². The van der Waals surface area contributed by atoms with E-state index in [-0.39, 0.29) is 17.9 Å². The maximum Gasteiger partial charge on any atom is 0.225 e. The van der Waals surface area contributed by atoms with E-state index >= 15 is 0 Å². The Morgan fingerprint density at radius 1 is 1.15 bits per heavy atom. The zero-order valence-corrected chi connectivity index (χ0v) is 20.1. The second-order valence-electron chi connectivity index (χ2n) is 8.97. The van der Waals surface area contributed by atoms with Crippen LogP contribution < -0.4 is 19.9 Å². The summed E-state index contributed by atoms with van der Waals surface area (Å²) in [6.07, 6.45) is 1.64. The summed E-state index contributed by atoms with van der Waals surface area (Å²) in [6, 6.07) is 19.3. The molecule has 172 valence electrons. The van der Waals surface area contributed by atoms with Gasteiger partial charge in [-0.25, -0.2) is 0 Å². The molecule has 0 spiro atoms. The number of anilines is 2. The first-order valence-electron chi connectivity index (χ1n) is 11.7. The van der Waals surface area contributed by atoms with Gasteiger partial charge in [-0.3, -0.25) is 4.79 Å². The lowest BCUT2D eigenvalue weighted by molar-refractivity contribution is -0.125. The van der Waals surface area contributed by atoms with Crippen molar-refractivity contribution in [3.05, 3.63) is 76.0 Å². The number of nitrogens with one attached hydrogen (secondary N) is 1. The van der Waals surface area contributed by atoms with Gasteiger partial charge in [0.2, 0.25) is 5.91 Å². The number of hydrogen-bond donors (Lipinski definition) is 1. The molecular weight excluding hydrogens is 430 g/mol. The third-order valence-electron chi connectivity index (χ3n) is 6.91. The lowest BCUT2D eigenvalue weighted by atomic mass is 9.83. The number of hydrogen-bond acceptors (Lipinski definition) is 5. The number of carbonyl (C=O) groups excluding carboxylic acids is 1. The van der Waals surface area contributed by atoms with Gasteiger partial charge in [-0.2, -0.15) is 0 Å². The second kappa shape index (κ2) is 9.48. The molecule has 33 heavy (non-hydrogen) atoms. The number of thiophene rings is 1. The van der Waals surface area contributed by atoms with Crippen LogP contribution in [0.3, 0.4) is 0 Å². The van der Waals surface area contributed by atoms with Crippen molar-refractivity contribution in [3.63, 3.8) is 0 Å². The summed E-state index contributed by atoms with van der Waals surface area (Å²) in [5, 5.41) is 5.32. The topological polar surface area (TPSA) is 44.8 Å². The Morgan fingerprint density at radius 2 is 2.00 bits per heavy atom. The van der Waals surface area contributed by atoms with E-state index in [9.17, 15) is 4.79 Å². The molecule has 2 atom stereocenters. The Labute approximate surface area is 200 Å². The summed E-state index contributed by atoms with van der Waals surface area (Å²) >= 11 is 1.74. The van der Waals surface area contributed by atoms with Crippen LogP contribution in [0.1, 0.15) is 16.0 Å². The molecule has 1 aromatic heterocycles. The van der Waals surface area contributed by atoms with Crippen LogP contribution in [0.5, 0.6) is 5.75 Å². The van der Waals surface area contributed by atoms with Crippen molar-refractivity contribution in [1.82, 2.24) is 5.32 Å². The molecule has 1 saturated heterocycles. The third-order valence-corrected chi connectivity index (χ3v) is 7.85. The van der Waals surface area contributed by atoms with Crippen molar-refractivity contribution < 1.29 is 9.53 Å². The normalized spacial score (nSPS) is 19.6. The highest BCUT2D eigenvalue weighted by molar-refractivity contribution is 7.09. The molecule has 2 aliphatic heterocycles. The van der Waals surface area contributed by atoms with E-state index in [0.29, 0.717) is 6.54 Å². The van der Waals surface area contributed by atoms with Crippen molar-refractivity contribution in [3.8, 4) is 5.75 Å². The molecule has 1 N–H and O–H groups in total. The molecule has 1 amide bonds. The molecule has 0 aliphatic carbocycles. The van der Waals surface area contributed by atoms with E-state index in [1.165, 1.54) is 27.4 Å². The molecule has 0 unspecified atom stereocenters. The fourth-order valence-corrected chi connectivity index (χ4v) is 5.80. The minimum Gasteiger partial charge on any atom is -0.497 e. The molecule has 3 aromatic rings. The smallest absolute Gasteiger partial charge is 0.225 e. The Hall–Kier alpha value is -2.99. The number of aryl methyl sites for hydroxylation is 1. The molecule has 0 radical (unpaired) electrons. The molecule has 2 aromatic carbocycles. The van der Waals surface area contributed by atoms with Gasteiger partial charge in [0, 0.05) is 48.5 Å². The lowest BCUT2D eigenvalue weighted by Crippen LogP contribution is -2.61. The minimum absolute atomic E-state index is 0.0810.